The first-order valence-electron chi connectivity index (χ1n) is 8.03. The van der Waals surface area contributed by atoms with Crippen LogP contribution < -0.4 is 10.2 Å². The molecule has 2 aromatic rings. The van der Waals surface area contributed by atoms with E-state index < -0.39 is 17.8 Å². The third-order valence-electron chi connectivity index (χ3n) is 4.16. The van der Waals surface area contributed by atoms with Crippen molar-refractivity contribution in [1.29, 1.82) is 0 Å². The van der Waals surface area contributed by atoms with Crippen molar-refractivity contribution in [2.75, 3.05) is 16.8 Å². The standard InChI is InChI=1S/C17H17F3N4O2/c1-10-6-7-24(10)16-22-13(17(18,19)20)9-14(23-16)21-12-4-2-11(3-5-12)8-15(25)26/h2-5,9-10H,6-8H2,1H3,(H,25,26)(H,21,22,23)/t10-/m0/s1. The monoisotopic (exact) mass is 366 g/mol. The summed E-state index contributed by atoms with van der Waals surface area (Å²) in [6.45, 7) is 2.52. The lowest BCUT2D eigenvalue weighted by Crippen LogP contribution is -2.46. The SMILES string of the molecule is C[C@H]1CCN1c1nc(Nc2ccc(CC(=O)O)cc2)cc(C(F)(F)F)n1. The van der Waals surface area contributed by atoms with Gasteiger partial charge in [-0.15, -0.1) is 0 Å². The summed E-state index contributed by atoms with van der Waals surface area (Å²) < 4.78 is 39.5. The van der Waals surface area contributed by atoms with E-state index in [1.54, 1.807) is 29.2 Å². The van der Waals surface area contributed by atoms with Gasteiger partial charge < -0.3 is 15.3 Å². The van der Waals surface area contributed by atoms with E-state index in [-0.39, 0.29) is 24.2 Å². The van der Waals surface area contributed by atoms with Crippen molar-refractivity contribution >= 4 is 23.4 Å². The number of anilines is 3. The molecule has 2 heterocycles. The van der Waals surface area contributed by atoms with Crippen LogP contribution in [0.4, 0.5) is 30.6 Å². The van der Waals surface area contributed by atoms with Crippen molar-refractivity contribution < 1.29 is 23.1 Å². The topological polar surface area (TPSA) is 78.4 Å². The molecule has 138 valence electrons. The Bertz CT molecular complexity index is 809. The highest BCUT2D eigenvalue weighted by molar-refractivity contribution is 5.70. The van der Waals surface area contributed by atoms with Gasteiger partial charge in [0.05, 0.1) is 6.42 Å². The third-order valence-corrected chi connectivity index (χ3v) is 4.16. The molecule has 0 bridgehead atoms. The number of halogens is 3. The minimum Gasteiger partial charge on any atom is -0.481 e. The number of aromatic nitrogens is 2. The van der Waals surface area contributed by atoms with Gasteiger partial charge in [-0.3, -0.25) is 4.79 Å². The molecular weight excluding hydrogens is 349 g/mol. The summed E-state index contributed by atoms with van der Waals surface area (Å²) in [6.07, 6.45) is -3.82. The molecule has 3 rings (SSSR count). The molecule has 1 fully saturated rings. The number of hydrogen-bond acceptors (Lipinski definition) is 5. The molecule has 0 amide bonds. The van der Waals surface area contributed by atoms with Gasteiger partial charge in [0.1, 0.15) is 5.82 Å². The summed E-state index contributed by atoms with van der Waals surface area (Å²) in [7, 11) is 0. The maximum absolute atomic E-state index is 13.2. The zero-order valence-electron chi connectivity index (χ0n) is 13.9. The van der Waals surface area contributed by atoms with Crippen LogP contribution >= 0.6 is 0 Å². The highest BCUT2D eigenvalue weighted by atomic mass is 19.4. The maximum Gasteiger partial charge on any atom is 0.433 e. The van der Waals surface area contributed by atoms with E-state index in [0.717, 1.165) is 12.5 Å². The van der Waals surface area contributed by atoms with E-state index in [4.69, 9.17) is 5.11 Å². The van der Waals surface area contributed by atoms with Gasteiger partial charge in [0.25, 0.3) is 0 Å². The van der Waals surface area contributed by atoms with Crippen LogP contribution in [0.15, 0.2) is 30.3 Å². The first-order chi connectivity index (χ1) is 12.2. The summed E-state index contributed by atoms with van der Waals surface area (Å²) in [5, 5.41) is 11.6. The van der Waals surface area contributed by atoms with Crippen molar-refractivity contribution in [2.45, 2.75) is 32.0 Å². The largest absolute Gasteiger partial charge is 0.481 e. The van der Waals surface area contributed by atoms with Crippen molar-refractivity contribution in [1.82, 2.24) is 9.97 Å². The Hall–Kier alpha value is -2.84. The van der Waals surface area contributed by atoms with Crippen LogP contribution in [-0.2, 0) is 17.4 Å². The molecule has 1 atom stereocenters. The fraction of sp³-hybridized carbons (Fsp3) is 0.353. The van der Waals surface area contributed by atoms with Gasteiger partial charge in [0.15, 0.2) is 5.69 Å². The number of aliphatic carboxylic acids is 1. The second-order valence-corrected chi connectivity index (χ2v) is 6.16. The Morgan fingerprint density at radius 1 is 1.31 bits per heavy atom. The van der Waals surface area contributed by atoms with Crippen LogP contribution in [0.1, 0.15) is 24.6 Å². The van der Waals surface area contributed by atoms with Gasteiger partial charge >= 0.3 is 12.1 Å². The molecule has 1 aromatic carbocycles. The predicted octanol–water partition coefficient (Wildman–Crippen LogP) is 3.46. The molecule has 0 spiro atoms. The maximum atomic E-state index is 13.2. The molecule has 0 radical (unpaired) electrons. The normalized spacial score (nSPS) is 16.9. The quantitative estimate of drug-likeness (QED) is 0.844. The van der Waals surface area contributed by atoms with Crippen molar-refractivity contribution in [3.63, 3.8) is 0 Å². The van der Waals surface area contributed by atoms with Gasteiger partial charge in [-0.05, 0) is 31.0 Å². The zero-order chi connectivity index (χ0) is 18.9. The number of alkyl halides is 3. The van der Waals surface area contributed by atoms with Gasteiger partial charge in [-0.25, -0.2) is 4.98 Å². The number of hydrogen-bond donors (Lipinski definition) is 2. The van der Waals surface area contributed by atoms with E-state index >= 15 is 0 Å². The number of nitrogens with zero attached hydrogens (tertiary/aromatic N) is 3. The first kappa shape index (κ1) is 18.0. The average molecular weight is 366 g/mol. The van der Waals surface area contributed by atoms with Crippen LogP contribution in [0, 0.1) is 0 Å². The molecule has 6 nitrogen and oxygen atoms in total. The predicted molar refractivity (Wildman–Crippen MR) is 89.5 cm³/mol. The second kappa shape index (κ2) is 6.81. The fourth-order valence-electron chi connectivity index (χ4n) is 2.61. The highest BCUT2D eigenvalue weighted by Crippen LogP contribution is 2.33. The Morgan fingerprint density at radius 3 is 2.50 bits per heavy atom. The first-order valence-corrected chi connectivity index (χ1v) is 8.03. The van der Waals surface area contributed by atoms with Gasteiger partial charge in [-0.2, -0.15) is 18.2 Å². The summed E-state index contributed by atoms with van der Waals surface area (Å²) in [5.41, 5.74) is 0.0944. The van der Waals surface area contributed by atoms with Crippen LogP contribution in [0.25, 0.3) is 0 Å². The van der Waals surface area contributed by atoms with Crippen LogP contribution in [0.2, 0.25) is 0 Å². The van der Waals surface area contributed by atoms with Crippen molar-refractivity contribution in [3.8, 4) is 0 Å². The molecule has 0 saturated carbocycles. The fourth-order valence-corrected chi connectivity index (χ4v) is 2.61. The molecular formula is C17H17F3N4O2. The Balaban J connectivity index is 1.86. The van der Waals surface area contributed by atoms with Gasteiger partial charge in [-0.1, -0.05) is 12.1 Å². The molecule has 1 aliphatic heterocycles. The van der Waals surface area contributed by atoms with Crippen molar-refractivity contribution in [3.05, 3.63) is 41.6 Å². The molecule has 0 unspecified atom stereocenters. The Labute approximate surface area is 147 Å². The smallest absolute Gasteiger partial charge is 0.433 e. The molecule has 1 aromatic heterocycles. The summed E-state index contributed by atoms with van der Waals surface area (Å²) in [4.78, 5) is 20.3. The molecule has 26 heavy (non-hydrogen) atoms. The number of rotatable bonds is 5. The average Bonchev–Trinajstić information content (AvgIpc) is 2.54. The van der Waals surface area contributed by atoms with Gasteiger partial charge in [0.2, 0.25) is 5.95 Å². The number of carboxylic acids is 1. The van der Waals surface area contributed by atoms with E-state index in [1.165, 1.54) is 0 Å². The highest BCUT2D eigenvalue weighted by Gasteiger charge is 2.35. The minimum absolute atomic E-state index is 0.0346. The Morgan fingerprint density at radius 2 is 2.00 bits per heavy atom. The summed E-state index contributed by atoms with van der Waals surface area (Å²) in [5.74, 6) is -0.874. The van der Waals surface area contributed by atoms with Crippen LogP contribution in [0.5, 0.6) is 0 Å². The Kier molecular flexibility index (Phi) is 4.71. The van der Waals surface area contributed by atoms with Crippen molar-refractivity contribution in [2.24, 2.45) is 0 Å². The molecule has 1 saturated heterocycles. The lowest BCUT2D eigenvalue weighted by molar-refractivity contribution is -0.141. The number of carbonyl (C=O) groups is 1. The third kappa shape index (κ3) is 4.04. The van der Waals surface area contributed by atoms with E-state index in [1.807, 2.05) is 6.92 Å². The minimum atomic E-state index is -4.58. The lowest BCUT2D eigenvalue weighted by atomic mass is 10.1. The van der Waals surface area contributed by atoms with Crippen LogP contribution in [0.3, 0.4) is 0 Å². The molecule has 1 aliphatic rings. The number of carboxylic acid groups (broad SMARTS) is 1. The van der Waals surface area contributed by atoms with Crippen LogP contribution in [-0.4, -0.2) is 33.6 Å². The molecule has 2 N–H and O–H groups in total. The van der Waals surface area contributed by atoms with E-state index in [9.17, 15) is 18.0 Å². The summed E-state index contributed by atoms with van der Waals surface area (Å²) in [6, 6.07) is 7.35. The van der Waals surface area contributed by atoms with E-state index in [2.05, 4.69) is 15.3 Å². The van der Waals surface area contributed by atoms with Gasteiger partial charge in [0, 0.05) is 24.3 Å². The molecule has 9 heteroatoms. The second-order valence-electron chi connectivity index (χ2n) is 6.16. The number of nitrogens with one attached hydrogen (secondary N) is 1. The lowest BCUT2D eigenvalue weighted by Gasteiger charge is -2.38. The summed E-state index contributed by atoms with van der Waals surface area (Å²) >= 11 is 0. The number of benzene rings is 1. The van der Waals surface area contributed by atoms with E-state index in [0.29, 0.717) is 17.8 Å². The zero-order valence-corrected chi connectivity index (χ0v) is 13.9. The molecule has 0 aliphatic carbocycles.